The van der Waals surface area contributed by atoms with E-state index in [9.17, 15) is 28.3 Å². The van der Waals surface area contributed by atoms with Crippen LogP contribution in [0.1, 0.15) is 44.9 Å². The minimum absolute atomic E-state index is 0.00214. The Hall–Kier alpha value is -4.31. The predicted molar refractivity (Wildman–Crippen MR) is 138 cm³/mol. The molecule has 0 radical (unpaired) electrons. The zero-order chi connectivity index (χ0) is 27.7. The number of carbonyl (C=O) groups excluding carboxylic acids is 2. The van der Waals surface area contributed by atoms with E-state index in [1.54, 1.807) is 22.8 Å². The molecule has 3 aromatic rings. The molecule has 0 fully saturated rings. The van der Waals surface area contributed by atoms with Crippen molar-refractivity contribution in [2.75, 3.05) is 13.2 Å². The van der Waals surface area contributed by atoms with Gasteiger partial charge in [0.15, 0.2) is 11.4 Å². The summed E-state index contributed by atoms with van der Waals surface area (Å²) in [4.78, 5) is 42.0. The Bertz CT molecular complexity index is 1500. The molecule has 10 heteroatoms. The lowest BCUT2D eigenvalue weighted by atomic mass is 9.98. The quantitative estimate of drug-likeness (QED) is 0.453. The molecule has 202 valence electrons. The number of hydrogen-bond donors (Lipinski definition) is 2. The van der Waals surface area contributed by atoms with Crippen LogP contribution in [0, 0.1) is 17.6 Å². The zero-order valence-corrected chi connectivity index (χ0v) is 21.1. The number of halogens is 2. The monoisotopic (exact) mass is 535 g/mol. The molecule has 2 aliphatic rings. The van der Waals surface area contributed by atoms with Crippen LogP contribution in [0.3, 0.4) is 0 Å². The standard InChI is InChI=1S/C29H27F2N3O5/c1-17-7-10-21(15-35)33-14-24(17)34-13-22(28(37)32-12-19-8-9-20(30)11-23(19)31)26(36)27(25(34)29(33)38)39-16-18-5-3-2-4-6-18/h2-11,13,17,21,24,35H,12,14-16H2,1H3,(H,32,37)/t17-,21-,24?/m1/s1. The number of carbonyl (C=O) groups is 2. The summed E-state index contributed by atoms with van der Waals surface area (Å²) in [5.74, 6) is -3.24. The van der Waals surface area contributed by atoms with Gasteiger partial charge in [-0.15, -0.1) is 0 Å². The van der Waals surface area contributed by atoms with E-state index in [0.29, 0.717) is 6.07 Å². The Morgan fingerprint density at radius 3 is 2.62 bits per heavy atom. The molecule has 3 heterocycles. The van der Waals surface area contributed by atoms with E-state index in [4.69, 9.17) is 4.74 Å². The molecule has 39 heavy (non-hydrogen) atoms. The maximum atomic E-state index is 14.1. The molecule has 2 N–H and O–H groups in total. The van der Waals surface area contributed by atoms with Crippen LogP contribution in [0.4, 0.5) is 8.78 Å². The Morgan fingerprint density at radius 2 is 1.90 bits per heavy atom. The van der Waals surface area contributed by atoms with Gasteiger partial charge in [-0.25, -0.2) is 8.78 Å². The number of benzene rings is 2. The molecule has 2 bridgehead atoms. The molecular formula is C29H27F2N3O5. The third kappa shape index (κ3) is 5.07. The number of aliphatic hydroxyl groups excluding tert-OH is 1. The fraction of sp³-hybridized carbons (Fsp3) is 0.276. The van der Waals surface area contributed by atoms with Gasteiger partial charge in [-0.2, -0.15) is 0 Å². The second-order valence-electron chi connectivity index (χ2n) is 9.67. The van der Waals surface area contributed by atoms with Crippen LogP contribution in [-0.4, -0.2) is 45.6 Å². The molecule has 8 nitrogen and oxygen atoms in total. The van der Waals surface area contributed by atoms with E-state index in [-0.39, 0.29) is 60.8 Å². The Balaban J connectivity index is 1.57. The first-order chi connectivity index (χ1) is 18.8. The molecule has 5 rings (SSSR count). The van der Waals surface area contributed by atoms with E-state index in [1.807, 2.05) is 31.2 Å². The maximum Gasteiger partial charge on any atom is 0.275 e. The van der Waals surface area contributed by atoms with Gasteiger partial charge in [0.1, 0.15) is 23.8 Å². The van der Waals surface area contributed by atoms with Crippen LogP contribution in [-0.2, 0) is 13.2 Å². The summed E-state index contributed by atoms with van der Waals surface area (Å²) >= 11 is 0. The topological polar surface area (TPSA) is 101 Å². The van der Waals surface area contributed by atoms with E-state index in [0.717, 1.165) is 11.6 Å². The fourth-order valence-corrected chi connectivity index (χ4v) is 4.95. The maximum absolute atomic E-state index is 14.1. The molecule has 2 amide bonds. The number of allylic oxidation sites excluding steroid dienone is 1. The number of pyridine rings is 1. The molecule has 0 saturated carbocycles. The highest BCUT2D eigenvalue weighted by atomic mass is 19.1. The highest BCUT2D eigenvalue weighted by molar-refractivity contribution is 5.99. The number of nitrogens with one attached hydrogen (secondary N) is 1. The summed E-state index contributed by atoms with van der Waals surface area (Å²) in [6.45, 7) is 1.61. The molecule has 1 aromatic heterocycles. The second-order valence-corrected chi connectivity index (χ2v) is 9.67. The second kappa shape index (κ2) is 10.8. The van der Waals surface area contributed by atoms with Crippen LogP contribution < -0.4 is 15.5 Å². The fourth-order valence-electron chi connectivity index (χ4n) is 4.95. The van der Waals surface area contributed by atoms with Crippen molar-refractivity contribution in [3.8, 4) is 5.75 Å². The lowest BCUT2D eigenvalue weighted by Crippen LogP contribution is -2.50. The highest BCUT2D eigenvalue weighted by Gasteiger charge is 2.41. The molecule has 0 saturated heterocycles. The Kier molecular flexibility index (Phi) is 7.30. The summed E-state index contributed by atoms with van der Waals surface area (Å²) in [6.07, 6.45) is 5.00. The van der Waals surface area contributed by atoms with Crippen molar-refractivity contribution in [3.63, 3.8) is 0 Å². The van der Waals surface area contributed by atoms with Crippen molar-refractivity contribution in [2.24, 2.45) is 5.92 Å². The van der Waals surface area contributed by atoms with Gasteiger partial charge in [0.25, 0.3) is 11.8 Å². The Labute approximate surface area is 223 Å². The van der Waals surface area contributed by atoms with E-state index >= 15 is 0 Å². The van der Waals surface area contributed by atoms with Crippen LogP contribution in [0.5, 0.6) is 5.75 Å². The first-order valence-electron chi connectivity index (χ1n) is 12.6. The molecule has 0 spiro atoms. The normalized spacial score (nSPS) is 19.8. The third-order valence-electron chi connectivity index (χ3n) is 7.15. The van der Waals surface area contributed by atoms with Gasteiger partial charge in [0.2, 0.25) is 5.43 Å². The minimum atomic E-state index is -0.826. The van der Waals surface area contributed by atoms with Gasteiger partial charge < -0.3 is 24.6 Å². The zero-order valence-electron chi connectivity index (χ0n) is 21.1. The van der Waals surface area contributed by atoms with Crippen molar-refractivity contribution in [3.05, 3.63) is 111 Å². The average molecular weight is 536 g/mol. The van der Waals surface area contributed by atoms with Crippen molar-refractivity contribution in [2.45, 2.75) is 32.2 Å². The summed E-state index contributed by atoms with van der Waals surface area (Å²) in [5.41, 5.74) is -0.260. The van der Waals surface area contributed by atoms with Gasteiger partial charge in [-0.1, -0.05) is 55.5 Å². The first-order valence-corrected chi connectivity index (χ1v) is 12.6. The van der Waals surface area contributed by atoms with Gasteiger partial charge in [0.05, 0.1) is 18.7 Å². The number of aromatic nitrogens is 1. The molecule has 2 aliphatic heterocycles. The van der Waals surface area contributed by atoms with Crippen molar-refractivity contribution < 1.29 is 28.2 Å². The smallest absolute Gasteiger partial charge is 0.275 e. The lowest BCUT2D eigenvalue weighted by Gasteiger charge is -2.39. The molecule has 1 unspecified atom stereocenters. The van der Waals surface area contributed by atoms with Gasteiger partial charge in [-0.05, 0) is 17.5 Å². The first kappa shape index (κ1) is 26.3. The predicted octanol–water partition coefficient (Wildman–Crippen LogP) is 3.20. The van der Waals surface area contributed by atoms with Crippen LogP contribution >= 0.6 is 0 Å². The molecule has 3 atom stereocenters. The number of nitrogens with zero attached hydrogens (tertiary/aromatic N) is 2. The number of rotatable bonds is 7. The van der Waals surface area contributed by atoms with Crippen LogP contribution in [0.15, 0.2) is 71.7 Å². The third-order valence-corrected chi connectivity index (χ3v) is 7.15. The summed E-state index contributed by atoms with van der Waals surface area (Å²) in [5, 5.41) is 12.4. The number of hydrogen-bond acceptors (Lipinski definition) is 5. The van der Waals surface area contributed by atoms with E-state index in [2.05, 4.69) is 5.32 Å². The number of amides is 2. The minimum Gasteiger partial charge on any atom is -0.483 e. The number of ether oxygens (including phenoxy) is 1. The van der Waals surface area contributed by atoms with Gasteiger partial charge in [0, 0.05) is 30.9 Å². The molecule has 2 aromatic carbocycles. The van der Waals surface area contributed by atoms with E-state index in [1.165, 1.54) is 17.2 Å². The SMILES string of the molecule is C[C@@H]1C=C[C@H](CO)N2CC1n1cc(C(=O)NCc3ccc(F)cc3F)c(=O)c(OCc3ccccc3)c1C2=O. The van der Waals surface area contributed by atoms with Gasteiger partial charge in [-0.3, -0.25) is 14.4 Å². The highest BCUT2D eigenvalue weighted by Crippen LogP contribution is 2.35. The van der Waals surface area contributed by atoms with Crippen LogP contribution in [0.2, 0.25) is 0 Å². The number of aliphatic hydroxyl groups is 1. The largest absolute Gasteiger partial charge is 0.483 e. The van der Waals surface area contributed by atoms with Crippen molar-refractivity contribution in [1.29, 1.82) is 0 Å². The van der Waals surface area contributed by atoms with Crippen molar-refractivity contribution in [1.82, 2.24) is 14.8 Å². The molecule has 0 aliphatic carbocycles. The average Bonchev–Trinajstić information content (AvgIpc) is 3.08. The number of fused-ring (bicyclic) bond motifs is 4. The van der Waals surface area contributed by atoms with Crippen molar-refractivity contribution >= 4 is 11.8 Å². The summed E-state index contributed by atoms with van der Waals surface area (Å²) in [6, 6.07) is 11.1. The summed E-state index contributed by atoms with van der Waals surface area (Å²) < 4.78 is 34.9. The van der Waals surface area contributed by atoms with E-state index < -0.39 is 34.9 Å². The Morgan fingerprint density at radius 1 is 1.13 bits per heavy atom. The molecular weight excluding hydrogens is 508 g/mol. The summed E-state index contributed by atoms with van der Waals surface area (Å²) in [7, 11) is 0. The van der Waals surface area contributed by atoms with Crippen LogP contribution in [0.25, 0.3) is 0 Å². The van der Waals surface area contributed by atoms with Gasteiger partial charge >= 0.3 is 0 Å². The lowest BCUT2D eigenvalue weighted by molar-refractivity contribution is 0.0529.